The van der Waals surface area contributed by atoms with Crippen molar-refractivity contribution in [2.45, 2.75) is 19.4 Å². The first-order chi connectivity index (χ1) is 8.64. The third-order valence-corrected chi connectivity index (χ3v) is 3.23. The van der Waals surface area contributed by atoms with E-state index in [0.717, 1.165) is 6.26 Å². The number of rotatable bonds is 5. The van der Waals surface area contributed by atoms with Crippen LogP contribution in [0, 0.1) is 17.1 Å². The largest absolute Gasteiger partial charge is 0.382 e. The molecule has 0 saturated carbocycles. The summed E-state index contributed by atoms with van der Waals surface area (Å²) in [6.07, 6.45) is 1.07. The van der Waals surface area contributed by atoms with Gasteiger partial charge in [0.15, 0.2) is 0 Å². The maximum Gasteiger partial charge on any atom is 0.209 e. The minimum atomic E-state index is -3.34. The highest BCUT2D eigenvalue weighted by Crippen LogP contribution is 2.18. The molecule has 19 heavy (non-hydrogen) atoms. The summed E-state index contributed by atoms with van der Waals surface area (Å²) in [7, 11) is -3.34. The van der Waals surface area contributed by atoms with Gasteiger partial charge in [0.2, 0.25) is 10.0 Å². The van der Waals surface area contributed by atoms with Gasteiger partial charge in [-0.15, -0.1) is 0 Å². The molecule has 0 aromatic heterocycles. The summed E-state index contributed by atoms with van der Waals surface area (Å²) < 4.78 is 38.2. The zero-order chi connectivity index (χ0) is 14.7. The standard InChI is InChI=1S/C12H16FN3O2S/c1-12(2,16-19(3,17)18)8-15-11-6-4-5-10(13)9(11)7-14/h4-6,15-16H,8H2,1-3H3. The quantitative estimate of drug-likeness (QED) is 0.857. The van der Waals surface area contributed by atoms with Crippen molar-refractivity contribution in [2.24, 2.45) is 0 Å². The van der Waals surface area contributed by atoms with E-state index in [1.165, 1.54) is 12.1 Å². The SMILES string of the molecule is CC(C)(CNc1cccc(F)c1C#N)NS(C)(=O)=O. The molecule has 0 aliphatic rings. The number of benzene rings is 1. The first-order valence-corrected chi connectivity index (χ1v) is 7.45. The van der Waals surface area contributed by atoms with E-state index in [-0.39, 0.29) is 12.1 Å². The van der Waals surface area contributed by atoms with Gasteiger partial charge in [-0.05, 0) is 26.0 Å². The molecule has 7 heteroatoms. The second-order valence-electron chi connectivity index (χ2n) is 4.89. The van der Waals surface area contributed by atoms with Crippen molar-refractivity contribution in [1.29, 1.82) is 5.26 Å². The molecule has 0 saturated heterocycles. The lowest BCUT2D eigenvalue weighted by molar-refractivity contribution is 0.476. The number of hydrogen-bond donors (Lipinski definition) is 2. The number of hydrogen-bond acceptors (Lipinski definition) is 4. The zero-order valence-electron chi connectivity index (χ0n) is 11.0. The Labute approximate surface area is 112 Å². The monoisotopic (exact) mass is 285 g/mol. The van der Waals surface area contributed by atoms with Gasteiger partial charge in [0.05, 0.1) is 11.9 Å². The molecule has 0 aliphatic carbocycles. The topological polar surface area (TPSA) is 82.0 Å². The van der Waals surface area contributed by atoms with Crippen molar-refractivity contribution in [1.82, 2.24) is 4.72 Å². The Morgan fingerprint density at radius 3 is 2.58 bits per heavy atom. The molecule has 1 aromatic rings. The lowest BCUT2D eigenvalue weighted by Crippen LogP contribution is -2.47. The Bertz CT molecular complexity index is 606. The first-order valence-electron chi connectivity index (χ1n) is 5.56. The zero-order valence-corrected chi connectivity index (χ0v) is 11.8. The molecule has 0 atom stereocenters. The average Bonchev–Trinajstić information content (AvgIpc) is 2.23. The molecular weight excluding hydrogens is 269 g/mol. The highest BCUT2D eigenvalue weighted by Gasteiger charge is 2.22. The highest BCUT2D eigenvalue weighted by atomic mass is 32.2. The Hall–Kier alpha value is -1.65. The summed E-state index contributed by atoms with van der Waals surface area (Å²) in [5.74, 6) is -0.610. The van der Waals surface area contributed by atoms with Gasteiger partial charge in [0.1, 0.15) is 17.4 Å². The summed E-state index contributed by atoms with van der Waals surface area (Å²) in [5.41, 5.74) is -0.504. The van der Waals surface area contributed by atoms with Crippen molar-refractivity contribution < 1.29 is 12.8 Å². The third-order valence-electron chi connectivity index (χ3n) is 2.31. The van der Waals surface area contributed by atoms with Crippen LogP contribution >= 0.6 is 0 Å². The fourth-order valence-electron chi connectivity index (χ4n) is 1.64. The van der Waals surface area contributed by atoms with Gasteiger partial charge in [0, 0.05) is 12.1 Å². The van der Waals surface area contributed by atoms with Crippen LogP contribution in [0.1, 0.15) is 19.4 Å². The van der Waals surface area contributed by atoms with Crippen molar-refractivity contribution in [3.05, 3.63) is 29.6 Å². The van der Waals surface area contributed by atoms with E-state index in [2.05, 4.69) is 10.0 Å². The average molecular weight is 285 g/mol. The van der Waals surface area contributed by atoms with E-state index in [1.54, 1.807) is 26.0 Å². The summed E-state index contributed by atoms with van der Waals surface area (Å²) in [4.78, 5) is 0. The summed E-state index contributed by atoms with van der Waals surface area (Å²) in [5, 5.41) is 11.8. The summed E-state index contributed by atoms with van der Waals surface area (Å²) >= 11 is 0. The van der Waals surface area contributed by atoms with E-state index < -0.39 is 21.4 Å². The maximum absolute atomic E-state index is 13.4. The van der Waals surface area contributed by atoms with Crippen LogP contribution in [-0.2, 0) is 10.0 Å². The molecule has 1 aromatic carbocycles. The minimum absolute atomic E-state index is 0.0855. The first kappa shape index (κ1) is 15.4. The second-order valence-corrected chi connectivity index (χ2v) is 6.63. The third kappa shape index (κ3) is 4.85. The van der Waals surface area contributed by atoms with Crippen molar-refractivity contribution >= 4 is 15.7 Å². The number of nitrogens with zero attached hydrogens (tertiary/aromatic N) is 1. The van der Waals surface area contributed by atoms with Crippen LogP contribution in [-0.4, -0.2) is 26.8 Å². The van der Waals surface area contributed by atoms with Gasteiger partial charge in [-0.3, -0.25) is 0 Å². The smallest absolute Gasteiger partial charge is 0.209 e. The summed E-state index contributed by atoms with van der Waals surface area (Å²) in [6, 6.07) is 6.02. The molecule has 0 bridgehead atoms. The van der Waals surface area contributed by atoms with Gasteiger partial charge < -0.3 is 5.32 Å². The molecule has 0 fully saturated rings. The molecule has 2 N–H and O–H groups in total. The van der Waals surface area contributed by atoms with Crippen LogP contribution in [0.5, 0.6) is 0 Å². The fraction of sp³-hybridized carbons (Fsp3) is 0.417. The Morgan fingerprint density at radius 1 is 1.42 bits per heavy atom. The molecular formula is C12H16FN3O2S. The maximum atomic E-state index is 13.4. The Kier molecular flexibility index (Phi) is 4.50. The second kappa shape index (κ2) is 5.55. The molecule has 0 amide bonds. The molecule has 104 valence electrons. The lowest BCUT2D eigenvalue weighted by Gasteiger charge is -2.26. The number of nitriles is 1. The number of halogens is 1. The summed E-state index contributed by atoms with van der Waals surface area (Å²) in [6.45, 7) is 3.59. The van der Waals surface area contributed by atoms with E-state index in [1.807, 2.05) is 0 Å². The number of anilines is 1. The van der Waals surface area contributed by atoms with Gasteiger partial charge in [-0.25, -0.2) is 17.5 Å². The van der Waals surface area contributed by atoms with Crippen LogP contribution in [0.15, 0.2) is 18.2 Å². The molecule has 0 heterocycles. The van der Waals surface area contributed by atoms with E-state index in [4.69, 9.17) is 5.26 Å². The number of sulfonamides is 1. The molecule has 0 unspecified atom stereocenters. The van der Waals surface area contributed by atoms with Crippen LogP contribution in [0.3, 0.4) is 0 Å². The lowest BCUT2D eigenvalue weighted by atomic mass is 10.1. The number of nitrogens with one attached hydrogen (secondary N) is 2. The van der Waals surface area contributed by atoms with Gasteiger partial charge in [-0.2, -0.15) is 5.26 Å². The molecule has 0 radical (unpaired) electrons. The Morgan fingerprint density at radius 2 is 2.05 bits per heavy atom. The normalized spacial score (nSPS) is 11.9. The van der Waals surface area contributed by atoms with Gasteiger partial charge >= 0.3 is 0 Å². The van der Waals surface area contributed by atoms with E-state index in [0.29, 0.717) is 5.69 Å². The van der Waals surface area contributed by atoms with Crippen molar-refractivity contribution in [3.8, 4) is 6.07 Å². The molecule has 1 rings (SSSR count). The fourth-order valence-corrected chi connectivity index (χ4v) is 2.72. The molecule has 5 nitrogen and oxygen atoms in total. The van der Waals surface area contributed by atoms with Gasteiger partial charge in [-0.1, -0.05) is 6.07 Å². The molecule has 0 spiro atoms. The van der Waals surface area contributed by atoms with Crippen molar-refractivity contribution in [2.75, 3.05) is 18.1 Å². The molecule has 0 aliphatic heterocycles. The predicted molar refractivity (Wildman–Crippen MR) is 71.7 cm³/mol. The highest BCUT2D eigenvalue weighted by molar-refractivity contribution is 7.88. The van der Waals surface area contributed by atoms with Crippen LogP contribution in [0.2, 0.25) is 0 Å². The van der Waals surface area contributed by atoms with E-state index in [9.17, 15) is 12.8 Å². The van der Waals surface area contributed by atoms with Crippen LogP contribution in [0.25, 0.3) is 0 Å². The minimum Gasteiger partial charge on any atom is -0.382 e. The van der Waals surface area contributed by atoms with Crippen LogP contribution in [0.4, 0.5) is 10.1 Å². The van der Waals surface area contributed by atoms with E-state index >= 15 is 0 Å². The Balaban J connectivity index is 2.83. The van der Waals surface area contributed by atoms with Crippen molar-refractivity contribution in [3.63, 3.8) is 0 Å². The predicted octanol–water partition coefficient (Wildman–Crippen LogP) is 1.44. The van der Waals surface area contributed by atoms with Gasteiger partial charge in [0.25, 0.3) is 0 Å². The van der Waals surface area contributed by atoms with Crippen LogP contribution < -0.4 is 10.0 Å².